The summed E-state index contributed by atoms with van der Waals surface area (Å²) in [6, 6.07) is 10.2. The highest BCUT2D eigenvalue weighted by molar-refractivity contribution is 5.75. The summed E-state index contributed by atoms with van der Waals surface area (Å²) in [4.78, 5) is 11.7. The molecule has 1 N–H and O–H groups in total. The largest absolute Gasteiger partial charge is 0.468 e. The van der Waals surface area contributed by atoms with Crippen LogP contribution in [0.3, 0.4) is 0 Å². The molecule has 0 saturated heterocycles. The van der Waals surface area contributed by atoms with E-state index in [-0.39, 0.29) is 12.0 Å². The van der Waals surface area contributed by atoms with Crippen molar-refractivity contribution in [3.05, 3.63) is 35.9 Å². The number of rotatable bonds is 8. The van der Waals surface area contributed by atoms with E-state index >= 15 is 0 Å². The number of nitrogens with one attached hydrogen (secondary N) is 1. The van der Waals surface area contributed by atoms with E-state index in [0.29, 0.717) is 5.92 Å². The molecule has 3 heteroatoms. The highest BCUT2D eigenvalue weighted by Crippen LogP contribution is 2.08. The lowest BCUT2D eigenvalue weighted by Crippen LogP contribution is -2.39. The Morgan fingerprint density at radius 3 is 2.53 bits per heavy atom. The normalized spacial score (nSPS) is 12.4. The number of carbonyl (C=O) groups is 1. The zero-order valence-corrected chi connectivity index (χ0v) is 12.2. The van der Waals surface area contributed by atoms with Crippen LogP contribution in [0.15, 0.2) is 30.3 Å². The molecule has 0 aliphatic carbocycles. The molecule has 0 radical (unpaired) electrons. The molecule has 1 atom stereocenters. The molecule has 3 nitrogen and oxygen atoms in total. The van der Waals surface area contributed by atoms with Crippen molar-refractivity contribution >= 4 is 5.97 Å². The van der Waals surface area contributed by atoms with Gasteiger partial charge in [-0.05, 0) is 37.3 Å². The summed E-state index contributed by atoms with van der Waals surface area (Å²) < 4.78 is 4.85. The maximum Gasteiger partial charge on any atom is 0.322 e. The minimum Gasteiger partial charge on any atom is -0.468 e. The number of ether oxygens (including phenoxy) is 1. The van der Waals surface area contributed by atoms with Gasteiger partial charge >= 0.3 is 5.97 Å². The standard InChI is InChI=1S/C16H25NO2/c1-13(2)12-17-15(16(18)19-3)11-7-10-14-8-5-4-6-9-14/h4-6,8-9,13,15,17H,7,10-12H2,1-3H3. The molecule has 1 unspecified atom stereocenters. The molecule has 106 valence electrons. The van der Waals surface area contributed by atoms with Crippen molar-refractivity contribution in [3.8, 4) is 0 Å². The zero-order valence-electron chi connectivity index (χ0n) is 12.2. The Bertz CT molecular complexity index is 362. The van der Waals surface area contributed by atoms with Crippen LogP contribution in [0.4, 0.5) is 0 Å². The third-order valence-corrected chi connectivity index (χ3v) is 3.06. The fourth-order valence-corrected chi connectivity index (χ4v) is 1.98. The van der Waals surface area contributed by atoms with E-state index in [0.717, 1.165) is 25.8 Å². The zero-order chi connectivity index (χ0) is 14.1. The summed E-state index contributed by atoms with van der Waals surface area (Å²) >= 11 is 0. The third kappa shape index (κ3) is 6.39. The van der Waals surface area contributed by atoms with Crippen molar-refractivity contribution in [2.75, 3.05) is 13.7 Å². The van der Waals surface area contributed by atoms with Crippen LogP contribution in [-0.4, -0.2) is 25.7 Å². The van der Waals surface area contributed by atoms with Crippen molar-refractivity contribution in [1.82, 2.24) is 5.32 Å². The van der Waals surface area contributed by atoms with Crippen LogP contribution < -0.4 is 5.32 Å². The first-order valence-electron chi connectivity index (χ1n) is 6.98. The van der Waals surface area contributed by atoms with E-state index in [1.807, 2.05) is 18.2 Å². The molecule has 0 aliphatic rings. The van der Waals surface area contributed by atoms with E-state index in [1.54, 1.807) is 0 Å². The van der Waals surface area contributed by atoms with Crippen molar-refractivity contribution in [2.24, 2.45) is 5.92 Å². The summed E-state index contributed by atoms with van der Waals surface area (Å²) in [6.45, 7) is 5.10. The van der Waals surface area contributed by atoms with Crippen molar-refractivity contribution in [2.45, 2.75) is 39.2 Å². The smallest absolute Gasteiger partial charge is 0.322 e. The molecule has 1 aromatic rings. The lowest BCUT2D eigenvalue weighted by atomic mass is 10.0. The van der Waals surface area contributed by atoms with E-state index in [2.05, 4.69) is 31.3 Å². The maximum atomic E-state index is 11.7. The summed E-state index contributed by atoms with van der Waals surface area (Å²) in [5, 5.41) is 3.28. The van der Waals surface area contributed by atoms with Crippen molar-refractivity contribution in [3.63, 3.8) is 0 Å². The van der Waals surface area contributed by atoms with Gasteiger partial charge in [-0.1, -0.05) is 44.2 Å². The first-order chi connectivity index (χ1) is 9.13. The Balaban J connectivity index is 2.37. The first kappa shape index (κ1) is 15.7. The Morgan fingerprint density at radius 1 is 1.26 bits per heavy atom. The van der Waals surface area contributed by atoms with Gasteiger partial charge in [0.25, 0.3) is 0 Å². The molecular weight excluding hydrogens is 238 g/mol. The molecule has 1 rings (SSSR count). The Labute approximate surface area is 116 Å². The molecule has 0 amide bonds. The van der Waals surface area contributed by atoms with Crippen LogP contribution in [0, 0.1) is 5.92 Å². The molecule has 0 bridgehead atoms. The van der Waals surface area contributed by atoms with Gasteiger partial charge in [-0.25, -0.2) is 0 Å². The Hall–Kier alpha value is -1.35. The number of esters is 1. The van der Waals surface area contributed by atoms with Gasteiger partial charge in [0.15, 0.2) is 0 Å². The van der Waals surface area contributed by atoms with Gasteiger partial charge in [0.2, 0.25) is 0 Å². The van der Waals surface area contributed by atoms with E-state index in [4.69, 9.17) is 4.74 Å². The van der Waals surface area contributed by atoms with Gasteiger partial charge in [-0.2, -0.15) is 0 Å². The minimum atomic E-state index is -0.184. The Kier molecular flexibility index (Phi) is 7.19. The average molecular weight is 263 g/mol. The average Bonchev–Trinajstić information content (AvgIpc) is 2.42. The maximum absolute atomic E-state index is 11.7. The lowest BCUT2D eigenvalue weighted by Gasteiger charge is -2.17. The van der Waals surface area contributed by atoms with Crippen molar-refractivity contribution in [1.29, 1.82) is 0 Å². The van der Waals surface area contributed by atoms with Crippen LogP contribution in [0.1, 0.15) is 32.3 Å². The van der Waals surface area contributed by atoms with Crippen LogP contribution >= 0.6 is 0 Å². The SMILES string of the molecule is COC(=O)C(CCCc1ccccc1)NCC(C)C. The Morgan fingerprint density at radius 2 is 1.95 bits per heavy atom. The van der Waals surface area contributed by atoms with Crippen LogP contribution in [0.25, 0.3) is 0 Å². The van der Waals surface area contributed by atoms with Gasteiger partial charge in [0, 0.05) is 0 Å². The van der Waals surface area contributed by atoms with Gasteiger partial charge < -0.3 is 10.1 Å². The number of hydrogen-bond acceptors (Lipinski definition) is 3. The fraction of sp³-hybridized carbons (Fsp3) is 0.562. The summed E-state index contributed by atoms with van der Waals surface area (Å²) in [7, 11) is 1.45. The predicted octanol–water partition coefficient (Wildman–Crippen LogP) is 2.80. The second kappa shape index (κ2) is 8.70. The highest BCUT2D eigenvalue weighted by Gasteiger charge is 2.18. The molecule has 0 fully saturated rings. The molecule has 0 aromatic heterocycles. The van der Waals surface area contributed by atoms with Crippen LogP contribution in [0.5, 0.6) is 0 Å². The number of hydrogen-bond donors (Lipinski definition) is 1. The number of methoxy groups -OCH3 is 1. The second-order valence-corrected chi connectivity index (χ2v) is 5.26. The van der Waals surface area contributed by atoms with Gasteiger partial charge in [0.05, 0.1) is 7.11 Å². The number of carbonyl (C=O) groups excluding carboxylic acids is 1. The second-order valence-electron chi connectivity index (χ2n) is 5.26. The fourth-order valence-electron chi connectivity index (χ4n) is 1.98. The van der Waals surface area contributed by atoms with E-state index in [1.165, 1.54) is 12.7 Å². The summed E-state index contributed by atoms with van der Waals surface area (Å²) in [6.07, 6.45) is 2.79. The number of benzene rings is 1. The van der Waals surface area contributed by atoms with E-state index in [9.17, 15) is 4.79 Å². The van der Waals surface area contributed by atoms with Crippen molar-refractivity contribution < 1.29 is 9.53 Å². The first-order valence-corrected chi connectivity index (χ1v) is 6.98. The highest BCUT2D eigenvalue weighted by atomic mass is 16.5. The molecular formula is C16H25NO2. The molecule has 0 heterocycles. The topological polar surface area (TPSA) is 38.3 Å². The van der Waals surface area contributed by atoms with Gasteiger partial charge in [0.1, 0.15) is 6.04 Å². The van der Waals surface area contributed by atoms with E-state index < -0.39 is 0 Å². The quantitative estimate of drug-likeness (QED) is 0.733. The van der Waals surface area contributed by atoms with Gasteiger partial charge in [-0.15, -0.1) is 0 Å². The summed E-state index contributed by atoms with van der Waals surface area (Å²) in [5.41, 5.74) is 1.31. The lowest BCUT2D eigenvalue weighted by molar-refractivity contribution is -0.143. The van der Waals surface area contributed by atoms with Gasteiger partial charge in [-0.3, -0.25) is 4.79 Å². The van der Waals surface area contributed by atoms with Crippen LogP contribution in [0.2, 0.25) is 0 Å². The molecule has 1 aromatic carbocycles. The monoisotopic (exact) mass is 263 g/mol. The molecule has 0 spiro atoms. The third-order valence-electron chi connectivity index (χ3n) is 3.06. The van der Waals surface area contributed by atoms with Crippen LogP contribution in [-0.2, 0) is 16.0 Å². The summed E-state index contributed by atoms with van der Waals surface area (Å²) in [5.74, 6) is 0.370. The number of aryl methyl sites for hydroxylation is 1. The predicted molar refractivity (Wildman–Crippen MR) is 78.0 cm³/mol. The molecule has 19 heavy (non-hydrogen) atoms. The molecule has 0 saturated carbocycles. The molecule has 0 aliphatic heterocycles. The minimum absolute atomic E-state index is 0.159.